The van der Waals surface area contributed by atoms with Crippen LogP contribution in [0.3, 0.4) is 0 Å². The molecule has 7 nitrogen and oxygen atoms in total. The van der Waals surface area contributed by atoms with Gasteiger partial charge in [0.1, 0.15) is 17.2 Å². The first-order valence-electron chi connectivity index (χ1n) is 10.7. The van der Waals surface area contributed by atoms with Gasteiger partial charge in [-0.1, -0.05) is 0 Å². The summed E-state index contributed by atoms with van der Waals surface area (Å²) in [5, 5.41) is 4.70. The number of aromatic nitrogens is 5. The molecule has 4 aromatic rings. The SMILES string of the molecule is FC(F)(F)c1cc2c(-c3nc(N4CCNCC4)c4c(C5CC5)cncc4n3)ccnc2[nH]1. The lowest BCUT2D eigenvalue weighted by Gasteiger charge is -2.30. The molecule has 2 aliphatic rings. The Bertz CT molecular complexity index is 1320. The number of hydrogen-bond donors (Lipinski definition) is 2. The van der Waals surface area contributed by atoms with Crippen molar-refractivity contribution in [2.24, 2.45) is 0 Å². The van der Waals surface area contributed by atoms with Crippen molar-refractivity contribution in [3.05, 3.63) is 42.0 Å². The van der Waals surface area contributed by atoms with Crippen molar-refractivity contribution in [1.29, 1.82) is 0 Å². The van der Waals surface area contributed by atoms with E-state index in [0.717, 1.165) is 61.9 Å². The summed E-state index contributed by atoms with van der Waals surface area (Å²) >= 11 is 0. The third-order valence-electron chi connectivity index (χ3n) is 6.13. The maximum absolute atomic E-state index is 13.3. The summed E-state index contributed by atoms with van der Waals surface area (Å²) in [6, 6.07) is 2.74. The molecule has 0 spiro atoms. The van der Waals surface area contributed by atoms with Crippen molar-refractivity contribution in [2.75, 3.05) is 31.1 Å². The van der Waals surface area contributed by atoms with Gasteiger partial charge in [0.25, 0.3) is 0 Å². The number of hydrogen-bond acceptors (Lipinski definition) is 6. The lowest BCUT2D eigenvalue weighted by molar-refractivity contribution is -0.140. The third-order valence-corrected chi connectivity index (χ3v) is 6.13. The third kappa shape index (κ3) is 3.26. The fourth-order valence-electron chi connectivity index (χ4n) is 4.39. The van der Waals surface area contributed by atoms with E-state index in [-0.39, 0.29) is 5.65 Å². The number of piperazine rings is 1. The maximum Gasteiger partial charge on any atom is 0.431 e. The van der Waals surface area contributed by atoms with Crippen LogP contribution in [0.5, 0.6) is 0 Å². The highest BCUT2D eigenvalue weighted by Crippen LogP contribution is 2.45. The average Bonchev–Trinajstić information content (AvgIpc) is 3.54. The lowest BCUT2D eigenvalue weighted by atomic mass is 10.1. The zero-order chi connectivity index (χ0) is 21.9. The first kappa shape index (κ1) is 19.4. The van der Waals surface area contributed by atoms with Crippen molar-refractivity contribution >= 4 is 27.8 Å². The van der Waals surface area contributed by atoms with Crippen LogP contribution in [0.2, 0.25) is 0 Å². The number of pyridine rings is 2. The molecule has 32 heavy (non-hydrogen) atoms. The molecule has 4 aromatic heterocycles. The van der Waals surface area contributed by atoms with Crippen LogP contribution in [0.4, 0.5) is 19.0 Å². The molecule has 2 N–H and O–H groups in total. The second-order valence-corrected chi connectivity index (χ2v) is 8.31. The van der Waals surface area contributed by atoms with Gasteiger partial charge in [0, 0.05) is 54.9 Å². The average molecular weight is 439 g/mol. The van der Waals surface area contributed by atoms with E-state index in [9.17, 15) is 13.2 Å². The number of H-pyrrole nitrogens is 1. The fraction of sp³-hybridized carbons (Fsp3) is 0.364. The standard InChI is InChI=1S/C22H20F3N7/c23-22(24,25)17-9-14-13(3-4-28-19(14)30-17)20-29-16-11-27-10-15(12-1-2-12)18(16)21(31-20)32-7-5-26-6-8-32/h3-4,9-12,26H,1-2,5-8H2,(H,28,30). The molecule has 0 bridgehead atoms. The Morgan fingerprint density at radius 2 is 1.88 bits per heavy atom. The van der Waals surface area contributed by atoms with Crippen molar-refractivity contribution in [2.45, 2.75) is 24.9 Å². The van der Waals surface area contributed by atoms with Crippen LogP contribution < -0.4 is 10.2 Å². The quantitative estimate of drug-likeness (QED) is 0.504. The van der Waals surface area contributed by atoms with E-state index in [1.54, 1.807) is 12.3 Å². The molecule has 10 heteroatoms. The molecule has 1 aliphatic heterocycles. The maximum atomic E-state index is 13.3. The van der Waals surface area contributed by atoms with Gasteiger partial charge < -0.3 is 15.2 Å². The molecule has 2 fully saturated rings. The van der Waals surface area contributed by atoms with Gasteiger partial charge in [-0.05, 0) is 36.5 Å². The van der Waals surface area contributed by atoms with Crippen LogP contribution in [0.1, 0.15) is 30.0 Å². The van der Waals surface area contributed by atoms with Gasteiger partial charge >= 0.3 is 6.18 Å². The van der Waals surface area contributed by atoms with Crippen LogP contribution >= 0.6 is 0 Å². The Hall–Kier alpha value is -3.27. The van der Waals surface area contributed by atoms with Crippen molar-refractivity contribution < 1.29 is 13.2 Å². The minimum Gasteiger partial charge on any atom is -0.353 e. The smallest absolute Gasteiger partial charge is 0.353 e. The molecule has 6 rings (SSSR count). The Morgan fingerprint density at radius 1 is 1.06 bits per heavy atom. The summed E-state index contributed by atoms with van der Waals surface area (Å²) in [5.41, 5.74) is 1.70. The monoisotopic (exact) mass is 439 g/mol. The van der Waals surface area contributed by atoms with Crippen LogP contribution in [0.25, 0.3) is 33.3 Å². The molecule has 1 saturated carbocycles. The van der Waals surface area contributed by atoms with E-state index in [0.29, 0.717) is 28.2 Å². The van der Waals surface area contributed by atoms with E-state index in [4.69, 9.17) is 9.97 Å². The van der Waals surface area contributed by atoms with Gasteiger partial charge in [0.2, 0.25) is 0 Å². The summed E-state index contributed by atoms with van der Waals surface area (Å²) in [6.07, 6.45) is 2.86. The Morgan fingerprint density at radius 3 is 2.62 bits per heavy atom. The summed E-state index contributed by atoms with van der Waals surface area (Å²) in [7, 11) is 0. The number of rotatable bonds is 3. The van der Waals surface area contributed by atoms with E-state index in [1.165, 1.54) is 6.20 Å². The zero-order valence-corrected chi connectivity index (χ0v) is 17.1. The molecule has 0 amide bonds. The number of fused-ring (bicyclic) bond motifs is 2. The van der Waals surface area contributed by atoms with Crippen LogP contribution in [0.15, 0.2) is 30.7 Å². The predicted molar refractivity (Wildman–Crippen MR) is 114 cm³/mol. The highest BCUT2D eigenvalue weighted by Gasteiger charge is 2.34. The van der Waals surface area contributed by atoms with Crippen molar-refractivity contribution in [3.63, 3.8) is 0 Å². The Kier molecular flexibility index (Phi) is 4.32. The first-order chi connectivity index (χ1) is 15.5. The number of nitrogens with one attached hydrogen (secondary N) is 2. The van der Waals surface area contributed by atoms with E-state index < -0.39 is 11.9 Å². The topological polar surface area (TPSA) is 82.6 Å². The van der Waals surface area contributed by atoms with Gasteiger partial charge in [-0.25, -0.2) is 15.0 Å². The van der Waals surface area contributed by atoms with Crippen molar-refractivity contribution in [3.8, 4) is 11.4 Å². The largest absolute Gasteiger partial charge is 0.431 e. The Balaban J connectivity index is 1.58. The van der Waals surface area contributed by atoms with Crippen LogP contribution in [0, 0.1) is 0 Å². The molecule has 1 aliphatic carbocycles. The number of halogens is 3. The lowest BCUT2D eigenvalue weighted by Crippen LogP contribution is -2.44. The van der Waals surface area contributed by atoms with E-state index in [2.05, 4.69) is 25.2 Å². The number of anilines is 1. The van der Waals surface area contributed by atoms with Crippen molar-refractivity contribution in [1.82, 2.24) is 30.2 Å². The predicted octanol–water partition coefficient (Wildman–Crippen LogP) is 3.87. The fourth-order valence-corrected chi connectivity index (χ4v) is 4.39. The van der Waals surface area contributed by atoms with Gasteiger partial charge in [0.05, 0.1) is 11.7 Å². The molecule has 164 valence electrons. The molecule has 5 heterocycles. The molecular formula is C22H20F3N7. The molecule has 0 aromatic carbocycles. The number of alkyl halides is 3. The van der Waals surface area contributed by atoms with Gasteiger partial charge in [-0.15, -0.1) is 0 Å². The molecule has 0 atom stereocenters. The summed E-state index contributed by atoms with van der Waals surface area (Å²) in [5.74, 6) is 1.67. The number of nitrogens with zero attached hydrogens (tertiary/aromatic N) is 5. The highest BCUT2D eigenvalue weighted by molar-refractivity contribution is 5.97. The minimum absolute atomic E-state index is 0.159. The highest BCUT2D eigenvalue weighted by atomic mass is 19.4. The van der Waals surface area contributed by atoms with Crippen LogP contribution in [-0.4, -0.2) is 51.1 Å². The van der Waals surface area contributed by atoms with Gasteiger partial charge in [-0.2, -0.15) is 13.2 Å². The summed E-state index contributed by atoms with van der Waals surface area (Å²) < 4.78 is 39.9. The summed E-state index contributed by atoms with van der Waals surface area (Å²) in [4.78, 5) is 22.8. The second-order valence-electron chi connectivity index (χ2n) is 8.31. The van der Waals surface area contributed by atoms with Gasteiger partial charge in [-0.3, -0.25) is 4.98 Å². The van der Waals surface area contributed by atoms with Crippen LogP contribution in [-0.2, 0) is 6.18 Å². The molecule has 0 radical (unpaired) electrons. The molecular weight excluding hydrogens is 419 g/mol. The molecule has 0 unspecified atom stereocenters. The summed E-state index contributed by atoms with van der Waals surface area (Å²) in [6.45, 7) is 3.28. The normalized spacial score (nSPS) is 17.4. The van der Waals surface area contributed by atoms with E-state index >= 15 is 0 Å². The first-order valence-corrected chi connectivity index (χ1v) is 10.7. The minimum atomic E-state index is -4.49. The zero-order valence-electron chi connectivity index (χ0n) is 17.1. The van der Waals surface area contributed by atoms with Gasteiger partial charge in [0.15, 0.2) is 5.82 Å². The molecule has 1 saturated heterocycles. The van der Waals surface area contributed by atoms with E-state index in [1.807, 2.05) is 6.20 Å². The second kappa shape index (κ2) is 7.13. The Labute approximate surface area is 181 Å². The number of aromatic amines is 1.